The maximum Gasteiger partial charge on any atom is 0.416 e. The van der Waals surface area contributed by atoms with E-state index in [-0.39, 0.29) is 76.1 Å². The second-order valence-electron chi connectivity index (χ2n) is 13.7. The van der Waals surface area contributed by atoms with Crippen molar-refractivity contribution in [2.24, 2.45) is 11.8 Å². The van der Waals surface area contributed by atoms with Gasteiger partial charge in [0, 0.05) is 62.3 Å². The van der Waals surface area contributed by atoms with Gasteiger partial charge in [0.1, 0.15) is 5.75 Å². The van der Waals surface area contributed by atoms with Gasteiger partial charge in [0.15, 0.2) is 0 Å². The Morgan fingerprint density at radius 1 is 1.00 bits per heavy atom. The smallest absolute Gasteiger partial charge is 0.416 e. The standard InChI is InChI=1S/C34H40F4N4O4.2ClH/c1-32(2,3)42-19-28(21-5-8-25(46-4)9-6-21)33(35,20-42)31(45)41-17-23(16-39)27(18-41)26-10-7-24(34(36,37)38)15-29(26)40-13-11-22(12-14-40)30(43)44;;/h5-10,15,22-23,27-28H,11-14,17-20H2,1-4H3,(H,43,44);2*1H/t23-,27-,28-,33-;;/m0../s1. The fourth-order valence-electron chi connectivity index (χ4n) is 7.10. The van der Waals surface area contributed by atoms with Crippen LogP contribution in [0.15, 0.2) is 42.5 Å². The molecule has 1 N–H and O–H groups in total. The van der Waals surface area contributed by atoms with E-state index in [2.05, 4.69) is 6.07 Å². The van der Waals surface area contributed by atoms with Crippen molar-refractivity contribution in [3.05, 3.63) is 59.2 Å². The molecule has 0 bridgehead atoms. The number of hydrogen-bond donors (Lipinski definition) is 1. The molecular weight excluding hydrogens is 675 g/mol. The van der Waals surface area contributed by atoms with Crippen molar-refractivity contribution < 1.29 is 37.0 Å². The Hall–Kier alpha value is -3.27. The first-order valence-electron chi connectivity index (χ1n) is 15.5. The number of ether oxygens (including phenoxy) is 1. The Morgan fingerprint density at radius 2 is 1.62 bits per heavy atom. The maximum absolute atomic E-state index is 17.4. The van der Waals surface area contributed by atoms with E-state index < -0.39 is 58.5 Å². The number of hydrogen-bond acceptors (Lipinski definition) is 6. The molecule has 3 heterocycles. The minimum atomic E-state index is -4.61. The average molecular weight is 718 g/mol. The first-order chi connectivity index (χ1) is 21.6. The van der Waals surface area contributed by atoms with Gasteiger partial charge >= 0.3 is 12.1 Å². The first-order valence-corrected chi connectivity index (χ1v) is 15.5. The summed E-state index contributed by atoms with van der Waals surface area (Å²) in [4.78, 5) is 30.8. The lowest BCUT2D eigenvalue weighted by atomic mass is 9.85. The van der Waals surface area contributed by atoms with E-state index in [1.54, 1.807) is 29.2 Å². The molecule has 0 spiro atoms. The summed E-state index contributed by atoms with van der Waals surface area (Å²) in [6.45, 7) is 6.40. The molecule has 0 aromatic heterocycles. The van der Waals surface area contributed by atoms with Crippen molar-refractivity contribution in [3.63, 3.8) is 0 Å². The van der Waals surface area contributed by atoms with Crippen LogP contribution in [0.1, 0.15) is 62.1 Å². The number of rotatable bonds is 6. The molecule has 48 heavy (non-hydrogen) atoms. The molecule has 0 unspecified atom stereocenters. The number of amides is 1. The lowest BCUT2D eigenvalue weighted by Gasteiger charge is -2.35. The Kier molecular flexibility index (Phi) is 12.0. The highest BCUT2D eigenvalue weighted by Gasteiger charge is 2.58. The SMILES string of the molecule is COc1ccc([C@@H]2CN(C(C)(C)C)C[C@@]2(F)C(=O)N2C[C@H](c3ccc(C(F)(F)F)cc3N3CCC(C(=O)O)CC3)[C@@H](C#N)C2)cc1.Cl.Cl. The van der Waals surface area contributed by atoms with Crippen LogP contribution in [0.3, 0.4) is 0 Å². The van der Waals surface area contributed by atoms with Crippen LogP contribution in [-0.2, 0) is 15.8 Å². The van der Waals surface area contributed by atoms with Crippen molar-refractivity contribution in [2.45, 2.75) is 62.8 Å². The van der Waals surface area contributed by atoms with Gasteiger partial charge in [-0.1, -0.05) is 18.2 Å². The van der Waals surface area contributed by atoms with Gasteiger partial charge in [0.2, 0.25) is 5.67 Å². The molecule has 2 aromatic rings. The zero-order valence-corrected chi connectivity index (χ0v) is 28.9. The van der Waals surface area contributed by atoms with Crippen molar-refractivity contribution in [3.8, 4) is 11.8 Å². The summed E-state index contributed by atoms with van der Waals surface area (Å²) in [7, 11) is 1.53. The van der Waals surface area contributed by atoms with Crippen LogP contribution in [-0.4, -0.2) is 84.4 Å². The summed E-state index contributed by atoms with van der Waals surface area (Å²) in [5.41, 5.74) is -2.21. The Balaban J connectivity index is 0.00000312. The van der Waals surface area contributed by atoms with E-state index >= 15 is 4.39 Å². The highest BCUT2D eigenvalue weighted by molar-refractivity contribution is 5.88. The second-order valence-corrected chi connectivity index (χ2v) is 13.7. The molecule has 3 aliphatic rings. The predicted octanol–water partition coefficient (Wildman–Crippen LogP) is 6.53. The van der Waals surface area contributed by atoms with Crippen LogP contribution >= 0.6 is 24.8 Å². The van der Waals surface area contributed by atoms with Crippen LogP contribution in [0, 0.1) is 23.2 Å². The van der Waals surface area contributed by atoms with Gasteiger partial charge in [-0.25, -0.2) is 4.39 Å². The molecule has 3 fully saturated rings. The van der Waals surface area contributed by atoms with E-state index in [4.69, 9.17) is 4.74 Å². The van der Waals surface area contributed by atoms with E-state index in [9.17, 15) is 33.1 Å². The van der Waals surface area contributed by atoms with Crippen LogP contribution in [0.5, 0.6) is 5.75 Å². The van der Waals surface area contributed by atoms with E-state index in [1.807, 2.05) is 25.7 Å². The number of carbonyl (C=O) groups is 2. The number of carbonyl (C=O) groups excluding carboxylic acids is 1. The van der Waals surface area contributed by atoms with Crippen LogP contribution in [0.4, 0.5) is 23.2 Å². The van der Waals surface area contributed by atoms with E-state index in [0.29, 0.717) is 23.4 Å². The number of carboxylic acids is 1. The van der Waals surface area contributed by atoms with E-state index in [1.165, 1.54) is 18.1 Å². The summed E-state index contributed by atoms with van der Waals surface area (Å²) in [5, 5.41) is 19.6. The summed E-state index contributed by atoms with van der Waals surface area (Å²) in [5.74, 6) is -3.89. The van der Waals surface area contributed by atoms with Gasteiger partial charge in [-0.15, -0.1) is 24.8 Å². The molecule has 4 atom stereocenters. The number of aliphatic carboxylic acids is 1. The number of halogens is 6. The number of carboxylic acid groups (broad SMARTS) is 1. The third-order valence-corrected chi connectivity index (χ3v) is 9.91. The van der Waals surface area contributed by atoms with Crippen molar-refractivity contribution in [1.29, 1.82) is 5.26 Å². The Bertz CT molecular complexity index is 1510. The molecule has 5 rings (SSSR count). The number of piperidine rings is 1. The fraction of sp³-hybridized carbons (Fsp3) is 0.559. The molecule has 2 aromatic carbocycles. The van der Waals surface area contributed by atoms with Gasteiger partial charge in [0.05, 0.1) is 30.6 Å². The fourth-order valence-corrected chi connectivity index (χ4v) is 7.10. The number of methoxy groups -OCH3 is 1. The third kappa shape index (κ3) is 7.63. The van der Waals surface area contributed by atoms with Crippen LogP contribution in [0.2, 0.25) is 0 Å². The molecule has 8 nitrogen and oxygen atoms in total. The maximum atomic E-state index is 17.4. The lowest BCUT2D eigenvalue weighted by molar-refractivity contribution is -0.143. The van der Waals surface area contributed by atoms with Gasteiger partial charge < -0.3 is 19.6 Å². The highest BCUT2D eigenvalue weighted by atomic mass is 35.5. The molecule has 0 radical (unpaired) electrons. The van der Waals surface area contributed by atoms with Gasteiger partial charge in [-0.2, -0.15) is 18.4 Å². The number of likely N-dealkylation sites (tertiary alicyclic amines) is 2. The number of anilines is 1. The summed E-state index contributed by atoms with van der Waals surface area (Å²) < 4.78 is 64.1. The molecule has 3 aliphatic heterocycles. The van der Waals surface area contributed by atoms with Crippen molar-refractivity contribution in [1.82, 2.24) is 9.80 Å². The summed E-state index contributed by atoms with van der Waals surface area (Å²) in [6.07, 6.45) is -4.08. The zero-order chi connectivity index (χ0) is 33.6. The molecular formula is C34H42Cl2F4N4O4. The van der Waals surface area contributed by atoms with Crippen LogP contribution in [0.25, 0.3) is 0 Å². The zero-order valence-electron chi connectivity index (χ0n) is 27.3. The number of alkyl halides is 4. The average Bonchev–Trinajstić information content (AvgIpc) is 3.62. The van der Waals surface area contributed by atoms with Gasteiger partial charge in [-0.05, 0) is 69.0 Å². The number of nitrogens with zero attached hydrogens (tertiary/aromatic N) is 4. The lowest BCUT2D eigenvalue weighted by Crippen LogP contribution is -2.51. The first kappa shape index (κ1) is 39.2. The minimum absolute atomic E-state index is 0. The molecule has 3 saturated heterocycles. The molecule has 1 amide bonds. The van der Waals surface area contributed by atoms with E-state index in [0.717, 1.165) is 12.1 Å². The normalized spacial score (nSPS) is 25.2. The Morgan fingerprint density at radius 3 is 2.15 bits per heavy atom. The predicted molar refractivity (Wildman–Crippen MR) is 178 cm³/mol. The quantitative estimate of drug-likeness (QED) is 0.340. The molecule has 0 saturated carbocycles. The van der Waals surface area contributed by atoms with Gasteiger partial charge in [-0.3, -0.25) is 14.5 Å². The monoisotopic (exact) mass is 716 g/mol. The Labute approximate surface area is 290 Å². The molecule has 264 valence electrons. The minimum Gasteiger partial charge on any atom is -0.497 e. The second kappa shape index (κ2) is 14.7. The number of nitriles is 1. The van der Waals surface area contributed by atoms with Crippen LogP contribution < -0.4 is 9.64 Å². The van der Waals surface area contributed by atoms with Crippen molar-refractivity contribution >= 4 is 42.4 Å². The van der Waals surface area contributed by atoms with Crippen molar-refractivity contribution in [2.75, 3.05) is 51.3 Å². The van der Waals surface area contributed by atoms with Gasteiger partial charge in [0.25, 0.3) is 5.91 Å². The number of benzene rings is 2. The highest BCUT2D eigenvalue weighted by Crippen LogP contribution is 2.46. The third-order valence-electron chi connectivity index (χ3n) is 9.91. The largest absolute Gasteiger partial charge is 0.497 e. The molecule has 14 heteroatoms. The summed E-state index contributed by atoms with van der Waals surface area (Å²) >= 11 is 0. The topological polar surface area (TPSA) is 97.1 Å². The summed E-state index contributed by atoms with van der Waals surface area (Å²) in [6, 6.07) is 12.6. The molecule has 0 aliphatic carbocycles.